The van der Waals surface area contributed by atoms with E-state index >= 15 is 0 Å². The average Bonchev–Trinajstić information content (AvgIpc) is 2.84. The molecule has 0 atom stereocenters. The number of anilines is 1. The van der Waals surface area contributed by atoms with E-state index in [9.17, 15) is 0 Å². The second-order valence-corrected chi connectivity index (χ2v) is 4.62. The third-order valence-corrected chi connectivity index (χ3v) is 2.82. The predicted octanol–water partition coefficient (Wildman–Crippen LogP) is 2.88. The van der Waals surface area contributed by atoms with E-state index in [0.29, 0.717) is 0 Å². The number of aryl methyl sites for hydroxylation is 2. The number of hydrogen-bond acceptors (Lipinski definition) is 4. The van der Waals surface area contributed by atoms with Gasteiger partial charge in [0.05, 0.1) is 12.5 Å². The van der Waals surface area contributed by atoms with E-state index in [1.54, 1.807) is 0 Å². The Labute approximate surface area is 114 Å². The highest BCUT2D eigenvalue weighted by molar-refractivity contribution is 5.52. The first-order valence-electron chi connectivity index (χ1n) is 6.84. The van der Waals surface area contributed by atoms with Crippen molar-refractivity contribution in [2.45, 2.75) is 40.2 Å². The van der Waals surface area contributed by atoms with Crippen LogP contribution >= 0.6 is 0 Å². The zero-order valence-electron chi connectivity index (χ0n) is 11.8. The molecule has 2 heterocycles. The maximum absolute atomic E-state index is 4.57. The summed E-state index contributed by atoms with van der Waals surface area (Å²) < 4.78 is 2.10. The molecular weight excluding hydrogens is 238 g/mol. The molecule has 0 spiro atoms. The lowest BCUT2D eigenvalue weighted by Crippen LogP contribution is -2.06. The Morgan fingerprint density at radius 3 is 2.79 bits per heavy atom. The minimum atomic E-state index is 0.740. The number of imidazole rings is 1. The molecule has 102 valence electrons. The highest BCUT2D eigenvalue weighted by Crippen LogP contribution is 2.18. The monoisotopic (exact) mass is 259 g/mol. The minimum absolute atomic E-state index is 0.740. The molecule has 0 bridgehead atoms. The largest absolute Gasteiger partial charge is 0.370 e. The summed E-state index contributed by atoms with van der Waals surface area (Å²) in [4.78, 5) is 13.3. The molecule has 0 aromatic carbocycles. The van der Waals surface area contributed by atoms with Crippen molar-refractivity contribution in [3.05, 3.63) is 24.3 Å². The molecule has 0 aliphatic heterocycles. The molecule has 0 radical (unpaired) electrons. The second-order valence-electron chi connectivity index (χ2n) is 4.62. The van der Waals surface area contributed by atoms with Gasteiger partial charge in [0, 0.05) is 24.8 Å². The number of rotatable bonds is 6. The van der Waals surface area contributed by atoms with Gasteiger partial charge in [0.2, 0.25) is 0 Å². The summed E-state index contributed by atoms with van der Waals surface area (Å²) in [6.45, 7) is 8.13. The van der Waals surface area contributed by atoms with E-state index in [-0.39, 0.29) is 0 Å². The van der Waals surface area contributed by atoms with Gasteiger partial charge in [-0.1, -0.05) is 13.8 Å². The Kier molecular flexibility index (Phi) is 4.49. The van der Waals surface area contributed by atoms with Gasteiger partial charge in [-0.15, -0.1) is 0 Å². The quantitative estimate of drug-likeness (QED) is 0.866. The van der Waals surface area contributed by atoms with E-state index in [1.165, 1.54) is 0 Å². The van der Waals surface area contributed by atoms with Gasteiger partial charge in [-0.25, -0.2) is 15.0 Å². The van der Waals surface area contributed by atoms with Crippen LogP contribution in [0, 0.1) is 6.92 Å². The second kappa shape index (κ2) is 6.31. The van der Waals surface area contributed by atoms with E-state index in [2.05, 4.69) is 38.7 Å². The molecular formula is C14H21N5. The fourth-order valence-corrected chi connectivity index (χ4v) is 1.95. The van der Waals surface area contributed by atoms with Crippen LogP contribution < -0.4 is 5.32 Å². The minimum Gasteiger partial charge on any atom is -0.370 e. The van der Waals surface area contributed by atoms with E-state index < -0.39 is 0 Å². The van der Waals surface area contributed by atoms with E-state index in [0.717, 1.165) is 49.0 Å². The summed E-state index contributed by atoms with van der Waals surface area (Å²) in [7, 11) is 0. The molecule has 1 N–H and O–H groups in total. The summed E-state index contributed by atoms with van der Waals surface area (Å²) in [6.07, 6.45) is 5.81. The smallest absolute Gasteiger partial charge is 0.180 e. The van der Waals surface area contributed by atoms with E-state index in [4.69, 9.17) is 0 Å². The number of aromatic nitrogens is 4. The van der Waals surface area contributed by atoms with Gasteiger partial charge in [-0.05, 0) is 19.8 Å². The summed E-state index contributed by atoms with van der Waals surface area (Å²) in [5, 5.41) is 3.31. The SMILES string of the molecule is CCCNc1cc(C)nc(-c2cncn2CCC)n1. The molecule has 5 nitrogen and oxygen atoms in total. The van der Waals surface area contributed by atoms with Crippen LogP contribution in [0.25, 0.3) is 11.5 Å². The van der Waals surface area contributed by atoms with Gasteiger partial charge in [-0.2, -0.15) is 0 Å². The molecule has 19 heavy (non-hydrogen) atoms. The topological polar surface area (TPSA) is 55.6 Å². The van der Waals surface area contributed by atoms with Crippen LogP contribution in [0.15, 0.2) is 18.6 Å². The van der Waals surface area contributed by atoms with Gasteiger partial charge >= 0.3 is 0 Å². The summed E-state index contributed by atoms with van der Waals surface area (Å²) in [6, 6.07) is 1.97. The first-order valence-corrected chi connectivity index (χ1v) is 6.84. The summed E-state index contributed by atoms with van der Waals surface area (Å²) in [5.74, 6) is 1.62. The van der Waals surface area contributed by atoms with Crippen LogP contribution in [0.2, 0.25) is 0 Å². The summed E-state index contributed by atoms with van der Waals surface area (Å²) in [5.41, 5.74) is 1.94. The number of nitrogens with one attached hydrogen (secondary N) is 1. The van der Waals surface area contributed by atoms with E-state index in [1.807, 2.05) is 25.5 Å². The molecule has 0 aliphatic carbocycles. The first kappa shape index (κ1) is 13.5. The molecule has 0 saturated carbocycles. The third-order valence-electron chi connectivity index (χ3n) is 2.82. The Hall–Kier alpha value is -1.91. The maximum Gasteiger partial charge on any atom is 0.180 e. The standard InChI is InChI=1S/C14H21N5/c1-4-6-16-13-8-11(3)17-14(18-13)12-9-15-10-19(12)7-5-2/h8-10H,4-7H2,1-3H3,(H,16,17,18). The Morgan fingerprint density at radius 2 is 2.05 bits per heavy atom. The molecule has 0 unspecified atom stereocenters. The molecule has 0 saturated heterocycles. The lowest BCUT2D eigenvalue weighted by atomic mass is 10.3. The first-order chi connectivity index (χ1) is 9.24. The number of hydrogen-bond donors (Lipinski definition) is 1. The van der Waals surface area contributed by atoms with Gasteiger partial charge in [-0.3, -0.25) is 0 Å². The zero-order valence-corrected chi connectivity index (χ0v) is 11.8. The van der Waals surface area contributed by atoms with Crippen molar-refractivity contribution in [2.75, 3.05) is 11.9 Å². The van der Waals surface area contributed by atoms with Gasteiger partial charge in [0.25, 0.3) is 0 Å². The van der Waals surface area contributed by atoms with Crippen LogP contribution in [0.3, 0.4) is 0 Å². The van der Waals surface area contributed by atoms with Crippen molar-refractivity contribution in [1.29, 1.82) is 0 Å². The van der Waals surface area contributed by atoms with Crippen LogP contribution in [0.1, 0.15) is 32.4 Å². The molecule has 2 rings (SSSR count). The Bertz CT molecular complexity index is 532. The maximum atomic E-state index is 4.57. The summed E-state index contributed by atoms with van der Waals surface area (Å²) >= 11 is 0. The lowest BCUT2D eigenvalue weighted by Gasteiger charge is -2.09. The number of nitrogens with zero attached hydrogens (tertiary/aromatic N) is 4. The molecule has 0 fully saturated rings. The fraction of sp³-hybridized carbons (Fsp3) is 0.500. The van der Waals surface area contributed by atoms with Crippen LogP contribution in [0.5, 0.6) is 0 Å². The molecule has 5 heteroatoms. The third kappa shape index (κ3) is 3.30. The molecule has 0 amide bonds. The zero-order chi connectivity index (χ0) is 13.7. The van der Waals surface area contributed by atoms with Crippen molar-refractivity contribution in [2.24, 2.45) is 0 Å². The van der Waals surface area contributed by atoms with Crippen molar-refractivity contribution >= 4 is 5.82 Å². The average molecular weight is 259 g/mol. The fourth-order valence-electron chi connectivity index (χ4n) is 1.95. The highest BCUT2D eigenvalue weighted by atomic mass is 15.1. The van der Waals surface area contributed by atoms with Crippen molar-refractivity contribution in [3.63, 3.8) is 0 Å². The normalized spacial score (nSPS) is 10.7. The van der Waals surface area contributed by atoms with Gasteiger partial charge in [0.1, 0.15) is 11.5 Å². The van der Waals surface area contributed by atoms with Crippen LogP contribution in [-0.4, -0.2) is 26.1 Å². The predicted molar refractivity (Wildman–Crippen MR) is 77.1 cm³/mol. The molecule has 2 aromatic rings. The van der Waals surface area contributed by atoms with Crippen molar-refractivity contribution in [1.82, 2.24) is 19.5 Å². The van der Waals surface area contributed by atoms with Crippen LogP contribution in [-0.2, 0) is 6.54 Å². The van der Waals surface area contributed by atoms with Crippen molar-refractivity contribution in [3.8, 4) is 11.5 Å². The lowest BCUT2D eigenvalue weighted by molar-refractivity contribution is 0.681. The van der Waals surface area contributed by atoms with Crippen molar-refractivity contribution < 1.29 is 0 Å². The molecule has 2 aromatic heterocycles. The van der Waals surface area contributed by atoms with Gasteiger partial charge in [0.15, 0.2) is 5.82 Å². The Balaban J connectivity index is 2.32. The van der Waals surface area contributed by atoms with Crippen LogP contribution in [0.4, 0.5) is 5.82 Å². The Morgan fingerprint density at radius 1 is 1.21 bits per heavy atom. The molecule has 0 aliphatic rings. The van der Waals surface area contributed by atoms with Gasteiger partial charge < -0.3 is 9.88 Å². The highest BCUT2D eigenvalue weighted by Gasteiger charge is 2.09.